The molecule has 0 fully saturated rings. The van der Waals surface area contributed by atoms with Crippen LogP contribution >= 0.6 is 0 Å². The van der Waals surface area contributed by atoms with Crippen LogP contribution in [0, 0.1) is 17.0 Å². The van der Waals surface area contributed by atoms with Crippen molar-refractivity contribution >= 4 is 5.69 Å². The van der Waals surface area contributed by atoms with Crippen molar-refractivity contribution in [2.75, 3.05) is 0 Å². The number of alkyl halides is 6. The molecule has 0 saturated carbocycles. The first-order valence-electron chi connectivity index (χ1n) is 13.5. The van der Waals surface area contributed by atoms with E-state index in [2.05, 4.69) is 21.8 Å². The second-order valence-corrected chi connectivity index (χ2v) is 9.22. The van der Waals surface area contributed by atoms with E-state index in [9.17, 15) is 36.5 Å². The fourth-order valence-corrected chi connectivity index (χ4v) is 4.01. The quantitative estimate of drug-likeness (QED) is 0.0692. The van der Waals surface area contributed by atoms with Gasteiger partial charge in [-0.1, -0.05) is 62.4 Å². The zero-order chi connectivity index (χ0) is 33.4. The normalized spacial score (nSPS) is 12.9. The molecule has 0 aliphatic heterocycles. The summed E-state index contributed by atoms with van der Waals surface area (Å²) < 4.78 is 102. The van der Waals surface area contributed by atoms with Gasteiger partial charge in [-0.15, -0.1) is 16.8 Å². The van der Waals surface area contributed by atoms with Crippen molar-refractivity contribution in [2.24, 2.45) is 0 Å². The summed E-state index contributed by atoms with van der Waals surface area (Å²) in [4.78, 5) is 14.2. The standard InChI is InChI=1S/C28H22F6N4O5.C2H6/c1-3-4-13-26(28(32,33)34,41-16-18-10-6-5-7-11-18)25-37-36-24(43-25)22-21(38(39)40)15-20(27(29,30)31)23(35-22)42-19-12-8-9-17(2)14-19;1-2/h3,5-12,14-15H,1,4,13,16H2,2H3;1-2H3. The molecule has 1 atom stereocenters. The molecular formula is C30H28F6N4O5. The topological polar surface area (TPSA) is 113 Å². The van der Waals surface area contributed by atoms with E-state index in [0.717, 1.165) is 0 Å². The van der Waals surface area contributed by atoms with Gasteiger partial charge in [0, 0.05) is 6.07 Å². The molecule has 4 aromatic rings. The van der Waals surface area contributed by atoms with Crippen LogP contribution in [-0.2, 0) is 23.1 Å². The highest BCUT2D eigenvalue weighted by Gasteiger charge is 2.61. The van der Waals surface area contributed by atoms with Crippen LogP contribution in [0.4, 0.5) is 32.0 Å². The first-order valence-corrected chi connectivity index (χ1v) is 13.5. The fraction of sp³-hybridized carbons (Fsp3) is 0.300. The zero-order valence-corrected chi connectivity index (χ0v) is 24.3. The molecule has 45 heavy (non-hydrogen) atoms. The van der Waals surface area contributed by atoms with Crippen molar-refractivity contribution in [1.82, 2.24) is 15.2 Å². The lowest BCUT2D eigenvalue weighted by molar-refractivity contribution is -0.384. The molecule has 240 valence electrons. The number of hydrogen-bond donors (Lipinski definition) is 0. The molecule has 0 aliphatic rings. The molecule has 2 aromatic carbocycles. The Balaban J connectivity index is 0.00000271. The summed E-state index contributed by atoms with van der Waals surface area (Å²) >= 11 is 0. The maximum Gasteiger partial charge on any atom is 0.426 e. The average Bonchev–Trinajstić information content (AvgIpc) is 3.48. The first-order chi connectivity index (χ1) is 21.2. The minimum Gasteiger partial charge on any atom is -0.438 e. The third kappa shape index (κ3) is 8.03. The van der Waals surface area contributed by atoms with Gasteiger partial charge < -0.3 is 13.9 Å². The summed E-state index contributed by atoms with van der Waals surface area (Å²) in [5.74, 6) is -3.30. The van der Waals surface area contributed by atoms with Gasteiger partial charge in [0.2, 0.25) is 17.2 Å². The molecule has 2 aromatic heterocycles. The molecule has 15 heteroatoms. The van der Waals surface area contributed by atoms with E-state index in [1.165, 1.54) is 36.4 Å². The smallest absolute Gasteiger partial charge is 0.426 e. The number of halogens is 6. The highest BCUT2D eigenvalue weighted by Crippen LogP contribution is 2.47. The number of ether oxygens (including phenoxy) is 2. The third-order valence-electron chi connectivity index (χ3n) is 6.13. The molecule has 0 spiro atoms. The molecule has 9 nitrogen and oxygen atoms in total. The van der Waals surface area contributed by atoms with Gasteiger partial charge in [0.25, 0.3) is 11.8 Å². The Morgan fingerprint density at radius 1 is 1.00 bits per heavy atom. The number of pyridine rings is 1. The number of nitro groups is 1. The van der Waals surface area contributed by atoms with Gasteiger partial charge in [0.15, 0.2) is 0 Å². The van der Waals surface area contributed by atoms with Crippen molar-refractivity contribution in [3.8, 4) is 23.2 Å². The average molecular weight is 639 g/mol. The molecule has 0 saturated heterocycles. The van der Waals surface area contributed by atoms with Gasteiger partial charge in [-0.25, -0.2) is 4.98 Å². The lowest BCUT2D eigenvalue weighted by Gasteiger charge is -2.32. The third-order valence-corrected chi connectivity index (χ3v) is 6.13. The molecule has 0 N–H and O–H groups in total. The lowest BCUT2D eigenvalue weighted by atomic mass is 9.96. The van der Waals surface area contributed by atoms with Crippen LogP contribution in [0.1, 0.15) is 49.3 Å². The number of allylic oxidation sites excluding steroid dienone is 1. The maximum absolute atomic E-state index is 14.7. The number of hydrogen-bond acceptors (Lipinski definition) is 8. The zero-order valence-electron chi connectivity index (χ0n) is 24.3. The van der Waals surface area contributed by atoms with E-state index in [0.29, 0.717) is 11.1 Å². The molecule has 4 rings (SSSR count). The molecule has 0 radical (unpaired) electrons. The van der Waals surface area contributed by atoms with Crippen molar-refractivity contribution < 1.29 is 45.2 Å². The van der Waals surface area contributed by atoms with Gasteiger partial charge in [0.05, 0.1) is 11.5 Å². The van der Waals surface area contributed by atoms with Crippen LogP contribution in [0.3, 0.4) is 0 Å². The van der Waals surface area contributed by atoms with Crippen LogP contribution in [0.25, 0.3) is 11.6 Å². The lowest BCUT2D eigenvalue weighted by Crippen LogP contribution is -2.45. The Labute approximate surface area is 253 Å². The first kappa shape index (κ1) is 34.7. The second kappa shape index (κ2) is 14.3. The number of nitrogens with zero attached hydrogens (tertiary/aromatic N) is 4. The summed E-state index contributed by atoms with van der Waals surface area (Å²) in [6.07, 6.45) is -10.1. The van der Waals surface area contributed by atoms with Gasteiger partial charge >= 0.3 is 18.0 Å². The number of benzene rings is 2. The molecule has 1 unspecified atom stereocenters. The Bertz CT molecular complexity index is 1610. The minimum absolute atomic E-state index is 0.0844. The van der Waals surface area contributed by atoms with Crippen LogP contribution in [0.2, 0.25) is 0 Å². The van der Waals surface area contributed by atoms with Crippen molar-refractivity contribution in [1.29, 1.82) is 0 Å². The van der Waals surface area contributed by atoms with Gasteiger partial charge in [-0.3, -0.25) is 10.1 Å². The highest BCUT2D eigenvalue weighted by atomic mass is 19.4. The predicted molar refractivity (Wildman–Crippen MR) is 150 cm³/mol. The summed E-state index contributed by atoms with van der Waals surface area (Å²) in [5.41, 5.74) is -6.01. The Kier molecular flexibility index (Phi) is 11.0. The van der Waals surface area contributed by atoms with E-state index in [-0.39, 0.29) is 18.2 Å². The van der Waals surface area contributed by atoms with E-state index in [4.69, 9.17) is 13.9 Å². The molecule has 0 amide bonds. The molecule has 0 bridgehead atoms. The Hall–Kier alpha value is -4.79. The SMILES string of the molecule is C=CCCC(OCc1ccccc1)(c1nnc(-c2nc(Oc3cccc(C)c3)c(C(F)(F)F)cc2[N+](=O)[O-])o1)C(F)(F)F.CC. The van der Waals surface area contributed by atoms with Crippen molar-refractivity contribution in [3.63, 3.8) is 0 Å². The van der Waals surface area contributed by atoms with Crippen LogP contribution in [0.5, 0.6) is 11.6 Å². The van der Waals surface area contributed by atoms with E-state index in [1.54, 1.807) is 31.2 Å². The molecular weight excluding hydrogens is 610 g/mol. The second-order valence-electron chi connectivity index (χ2n) is 9.22. The Morgan fingerprint density at radius 3 is 2.27 bits per heavy atom. The summed E-state index contributed by atoms with van der Waals surface area (Å²) in [5, 5.41) is 18.8. The van der Waals surface area contributed by atoms with E-state index < -0.39 is 70.5 Å². The largest absolute Gasteiger partial charge is 0.438 e. The Morgan fingerprint density at radius 2 is 1.69 bits per heavy atom. The number of aryl methyl sites for hydroxylation is 1. The van der Waals surface area contributed by atoms with Gasteiger partial charge in [0.1, 0.15) is 11.3 Å². The van der Waals surface area contributed by atoms with Gasteiger partial charge in [-0.2, -0.15) is 26.3 Å². The summed E-state index contributed by atoms with van der Waals surface area (Å²) in [7, 11) is 0. The summed E-state index contributed by atoms with van der Waals surface area (Å²) in [6, 6.07) is 13.9. The highest BCUT2D eigenvalue weighted by molar-refractivity contribution is 5.65. The monoisotopic (exact) mass is 638 g/mol. The number of rotatable bonds is 11. The minimum atomic E-state index is -5.16. The van der Waals surface area contributed by atoms with Crippen LogP contribution in [-0.4, -0.2) is 26.3 Å². The van der Waals surface area contributed by atoms with Crippen molar-refractivity contribution in [3.05, 3.63) is 106 Å². The van der Waals surface area contributed by atoms with E-state index >= 15 is 0 Å². The molecule has 2 heterocycles. The number of aromatic nitrogens is 3. The fourth-order valence-electron chi connectivity index (χ4n) is 4.01. The van der Waals surface area contributed by atoms with Gasteiger partial charge in [-0.05, 0) is 43.0 Å². The van der Waals surface area contributed by atoms with E-state index in [1.807, 2.05) is 13.8 Å². The molecule has 0 aliphatic carbocycles. The van der Waals surface area contributed by atoms with Crippen LogP contribution in [0.15, 0.2) is 77.7 Å². The van der Waals surface area contributed by atoms with Crippen molar-refractivity contribution in [2.45, 2.75) is 58.2 Å². The maximum atomic E-state index is 14.7. The predicted octanol–water partition coefficient (Wildman–Crippen LogP) is 9.13. The van der Waals surface area contributed by atoms with Crippen LogP contribution < -0.4 is 4.74 Å². The summed E-state index contributed by atoms with van der Waals surface area (Å²) in [6.45, 7) is 8.54.